The van der Waals surface area contributed by atoms with E-state index in [0.29, 0.717) is 0 Å². The number of ether oxygens (including phenoxy) is 1. The zero-order chi connectivity index (χ0) is 12.6. The molecule has 16 heavy (non-hydrogen) atoms. The molecule has 0 aromatic carbocycles. The third-order valence-corrected chi connectivity index (χ3v) is 3.64. The summed E-state index contributed by atoms with van der Waals surface area (Å²) in [5, 5.41) is 4.53. The SMILES string of the molecule is CN1CC(S(N)(=O)=O)=C(OCC(F)(F)F)S1. The van der Waals surface area contributed by atoms with E-state index in [4.69, 9.17) is 5.14 Å². The molecule has 0 atom stereocenters. The van der Waals surface area contributed by atoms with E-state index in [1.165, 1.54) is 11.4 Å². The van der Waals surface area contributed by atoms with E-state index in [9.17, 15) is 21.6 Å². The molecule has 0 saturated carbocycles. The van der Waals surface area contributed by atoms with Crippen LogP contribution in [0.4, 0.5) is 13.2 Å². The van der Waals surface area contributed by atoms with Gasteiger partial charge in [0, 0.05) is 0 Å². The molecule has 2 N–H and O–H groups in total. The molecule has 0 radical (unpaired) electrons. The highest BCUT2D eigenvalue weighted by Crippen LogP contribution is 2.34. The maximum Gasteiger partial charge on any atom is 0.422 e. The van der Waals surface area contributed by atoms with Crippen molar-refractivity contribution in [3.05, 3.63) is 10.00 Å². The summed E-state index contributed by atoms with van der Waals surface area (Å²) in [6, 6.07) is 0. The van der Waals surface area contributed by atoms with Gasteiger partial charge in [0.1, 0.15) is 4.91 Å². The molecule has 0 aliphatic carbocycles. The molecule has 0 amide bonds. The summed E-state index contributed by atoms with van der Waals surface area (Å²) in [5.41, 5.74) is 0. The Balaban J connectivity index is 2.83. The quantitative estimate of drug-likeness (QED) is 0.766. The van der Waals surface area contributed by atoms with Gasteiger partial charge in [-0.25, -0.2) is 17.9 Å². The largest absolute Gasteiger partial charge is 0.475 e. The van der Waals surface area contributed by atoms with Crippen molar-refractivity contribution in [2.75, 3.05) is 20.2 Å². The van der Waals surface area contributed by atoms with Crippen molar-refractivity contribution in [3.63, 3.8) is 0 Å². The Hall–Kier alpha value is -0.450. The third-order valence-electron chi connectivity index (χ3n) is 1.54. The average molecular weight is 278 g/mol. The first kappa shape index (κ1) is 13.6. The van der Waals surface area contributed by atoms with Crippen LogP contribution in [0.1, 0.15) is 0 Å². The van der Waals surface area contributed by atoms with Crippen molar-refractivity contribution in [1.29, 1.82) is 0 Å². The molecule has 0 spiro atoms. The monoisotopic (exact) mass is 278 g/mol. The molecule has 0 saturated heterocycles. The summed E-state index contributed by atoms with van der Waals surface area (Å²) in [4.78, 5) is -0.329. The summed E-state index contributed by atoms with van der Waals surface area (Å²) in [7, 11) is -2.51. The lowest BCUT2D eigenvalue weighted by molar-refractivity contribution is -0.162. The molecular weight excluding hydrogens is 269 g/mol. The maximum atomic E-state index is 11.9. The van der Waals surface area contributed by atoms with Gasteiger partial charge in [-0.15, -0.1) is 0 Å². The van der Waals surface area contributed by atoms with Crippen LogP contribution in [0.3, 0.4) is 0 Å². The van der Waals surface area contributed by atoms with Gasteiger partial charge in [-0.2, -0.15) is 13.2 Å². The topological polar surface area (TPSA) is 72.6 Å². The summed E-state index contributed by atoms with van der Waals surface area (Å²) in [6.45, 7) is -1.61. The predicted octanol–water partition coefficient (Wildman–Crippen LogP) is 0.617. The normalized spacial score (nSPS) is 19.3. The van der Waals surface area contributed by atoms with Crippen molar-refractivity contribution in [2.45, 2.75) is 6.18 Å². The predicted molar refractivity (Wildman–Crippen MR) is 52.4 cm³/mol. The molecule has 1 aliphatic rings. The minimum Gasteiger partial charge on any atom is -0.475 e. The van der Waals surface area contributed by atoms with Gasteiger partial charge in [-0.05, 0) is 19.0 Å². The number of alkyl halides is 3. The number of hydrogen-bond acceptors (Lipinski definition) is 5. The third kappa shape index (κ3) is 3.85. The van der Waals surface area contributed by atoms with E-state index in [1.54, 1.807) is 0 Å². The first-order valence-corrected chi connectivity index (χ1v) is 6.26. The molecule has 0 unspecified atom stereocenters. The summed E-state index contributed by atoms with van der Waals surface area (Å²) >= 11 is 0.773. The lowest BCUT2D eigenvalue weighted by Crippen LogP contribution is -2.21. The number of sulfonamides is 1. The van der Waals surface area contributed by atoms with Crippen molar-refractivity contribution >= 4 is 22.0 Å². The Bertz CT molecular complexity index is 404. The van der Waals surface area contributed by atoms with E-state index < -0.39 is 22.8 Å². The highest BCUT2D eigenvalue weighted by Gasteiger charge is 2.34. The van der Waals surface area contributed by atoms with E-state index in [2.05, 4.69) is 4.74 Å². The molecular formula is C6H9F3N2O3S2. The van der Waals surface area contributed by atoms with Crippen LogP contribution in [0.5, 0.6) is 0 Å². The van der Waals surface area contributed by atoms with Gasteiger partial charge < -0.3 is 4.74 Å². The van der Waals surface area contributed by atoms with Crippen LogP contribution < -0.4 is 5.14 Å². The molecule has 1 rings (SSSR count). The van der Waals surface area contributed by atoms with Crippen molar-refractivity contribution < 1.29 is 26.3 Å². The number of likely N-dealkylation sites (N-methyl/N-ethyl adjacent to an activating group) is 1. The Morgan fingerprint density at radius 3 is 2.56 bits per heavy atom. The number of hydrogen-bond donors (Lipinski definition) is 1. The summed E-state index contributed by atoms with van der Waals surface area (Å²) < 4.78 is 63.5. The van der Waals surface area contributed by atoms with Crippen LogP contribution in [0.25, 0.3) is 0 Å². The van der Waals surface area contributed by atoms with Gasteiger partial charge >= 0.3 is 6.18 Å². The van der Waals surface area contributed by atoms with E-state index >= 15 is 0 Å². The fourth-order valence-corrected chi connectivity index (χ4v) is 2.91. The van der Waals surface area contributed by atoms with Gasteiger partial charge in [-0.1, -0.05) is 0 Å². The smallest absolute Gasteiger partial charge is 0.422 e. The van der Waals surface area contributed by atoms with Gasteiger partial charge in [0.15, 0.2) is 11.7 Å². The average Bonchev–Trinajstić information content (AvgIpc) is 2.41. The number of nitrogens with zero attached hydrogens (tertiary/aromatic N) is 1. The number of rotatable bonds is 3. The van der Waals surface area contributed by atoms with Crippen LogP contribution in [0.2, 0.25) is 0 Å². The van der Waals surface area contributed by atoms with Crippen LogP contribution in [0, 0.1) is 0 Å². The van der Waals surface area contributed by atoms with Crippen molar-refractivity contribution in [3.8, 4) is 0 Å². The minimum atomic E-state index is -4.52. The van der Waals surface area contributed by atoms with Gasteiger partial charge in [-0.3, -0.25) is 0 Å². The van der Waals surface area contributed by atoms with Crippen molar-refractivity contribution in [2.24, 2.45) is 5.14 Å². The first-order valence-electron chi connectivity index (χ1n) is 3.94. The fraction of sp³-hybridized carbons (Fsp3) is 0.667. The second kappa shape index (κ2) is 4.43. The maximum absolute atomic E-state index is 11.9. The van der Waals surface area contributed by atoms with Crippen LogP contribution in [0.15, 0.2) is 10.00 Å². The van der Waals surface area contributed by atoms with E-state index in [-0.39, 0.29) is 16.5 Å². The van der Waals surface area contributed by atoms with E-state index in [0.717, 1.165) is 11.9 Å². The molecule has 0 fully saturated rings. The van der Waals surface area contributed by atoms with Crippen LogP contribution in [-0.4, -0.2) is 39.1 Å². The molecule has 0 aromatic heterocycles. The highest BCUT2D eigenvalue weighted by atomic mass is 32.2. The number of halogens is 3. The van der Waals surface area contributed by atoms with E-state index in [1.807, 2.05) is 0 Å². The van der Waals surface area contributed by atoms with Gasteiger partial charge in [0.25, 0.3) is 0 Å². The Labute approximate surface area is 94.6 Å². The number of nitrogens with two attached hydrogens (primary N) is 1. The van der Waals surface area contributed by atoms with Gasteiger partial charge in [0.05, 0.1) is 6.54 Å². The zero-order valence-corrected chi connectivity index (χ0v) is 9.75. The Kier molecular flexibility index (Phi) is 3.77. The molecule has 0 aromatic rings. The molecule has 0 bridgehead atoms. The van der Waals surface area contributed by atoms with Crippen LogP contribution in [-0.2, 0) is 14.8 Å². The molecule has 10 heteroatoms. The molecule has 1 heterocycles. The highest BCUT2D eigenvalue weighted by molar-refractivity contribution is 8.02. The van der Waals surface area contributed by atoms with Crippen molar-refractivity contribution in [1.82, 2.24) is 4.31 Å². The zero-order valence-electron chi connectivity index (χ0n) is 8.11. The second-order valence-electron chi connectivity index (χ2n) is 3.04. The Morgan fingerprint density at radius 1 is 1.56 bits per heavy atom. The van der Waals surface area contributed by atoms with Gasteiger partial charge in [0.2, 0.25) is 10.0 Å². The minimum absolute atomic E-state index is 0.0727. The lowest BCUT2D eigenvalue weighted by atomic mass is 10.6. The fourth-order valence-electron chi connectivity index (χ4n) is 0.952. The number of primary sulfonamides is 1. The standard InChI is InChI=1S/C6H9F3N2O3S2/c1-11-2-4(16(10,12)13)5(15-11)14-3-6(7,8)9/h2-3H2,1H3,(H2,10,12,13). The second-order valence-corrected chi connectivity index (χ2v) is 5.80. The lowest BCUT2D eigenvalue weighted by Gasteiger charge is -2.10. The van der Waals surface area contributed by atoms with Crippen LogP contribution >= 0.6 is 11.9 Å². The molecule has 94 valence electrons. The first-order chi connectivity index (χ1) is 7.09. The molecule has 5 nitrogen and oxygen atoms in total. The summed E-state index contributed by atoms with van der Waals surface area (Å²) in [6.07, 6.45) is -4.52. The Morgan fingerprint density at radius 2 is 2.12 bits per heavy atom. The molecule has 1 aliphatic heterocycles. The summed E-state index contributed by atoms with van der Waals surface area (Å²) in [5.74, 6) is 0.